The number of aromatic amines is 1. The van der Waals surface area contributed by atoms with Crippen LogP contribution in [-0.4, -0.2) is 18.1 Å². The molecule has 0 saturated heterocycles. The van der Waals surface area contributed by atoms with E-state index in [0.29, 0.717) is 6.61 Å². The molecule has 1 aromatic heterocycles. The molecule has 0 aliphatic carbocycles. The van der Waals surface area contributed by atoms with Crippen molar-refractivity contribution >= 4 is 21.7 Å². The van der Waals surface area contributed by atoms with Gasteiger partial charge in [-0.25, -0.2) is 0 Å². The zero-order valence-electron chi connectivity index (χ0n) is 15.1. The van der Waals surface area contributed by atoms with Crippen LogP contribution in [0.4, 0.5) is 0 Å². The van der Waals surface area contributed by atoms with Crippen molar-refractivity contribution in [3.05, 3.63) is 78.0 Å². The van der Waals surface area contributed by atoms with Crippen molar-refractivity contribution in [2.24, 2.45) is 0 Å². The van der Waals surface area contributed by atoms with Gasteiger partial charge in [0.05, 0.1) is 6.61 Å². The van der Waals surface area contributed by atoms with E-state index >= 15 is 0 Å². The SMILES string of the molecule is CCOc1ccc2ccccc2c1CNCCc1c[nH]c2ccccc12. The van der Waals surface area contributed by atoms with Gasteiger partial charge in [-0.1, -0.05) is 48.5 Å². The minimum absolute atomic E-state index is 0.681. The molecule has 0 unspecified atom stereocenters. The summed E-state index contributed by atoms with van der Waals surface area (Å²) in [6, 6.07) is 21.2. The fourth-order valence-electron chi connectivity index (χ4n) is 3.56. The molecule has 2 N–H and O–H groups in total. The maximum Gasteiger partial charge on any atom is 0.124 e. The van der Waals surface area contributed by atoms with E-state index in [1.165, 1.54) is 32.8 Å². The highest BCUT2D eigenvalue weighted by molar-refractivity contribution is 5.87. The van der Waals surface area contributed by atoms with Crippen molar-refractivity contribution in [3.8, 4) is 5.75 Å². The van der Waals surface area contributed by atoms with E-state index in [2.05, 4.69) is 77.2 Å². The molecule has 26 heavy (non-hydrogen) atoms. The summed E-state index contributed by atoms with van der Waals surface area (Å²) in [5.74, 6) is 0.978. The minimum Gasteiger partial charge on any atom is -0.494 e. The van der Waals surface area contributed by atoms with Gasteiger partial charge in [-0.05, 0) is 48.4 Å². The second-order valence-corrected chi connectivity index (χ2v) is 6.48. The molecule has 3 nitrogen and oxygen atoms in total. The average molecular weight is 344 g/mol. The highest BCUT2D eigenvalue weighted by Crippen LogP contribution is 2.28. The van der Waals surface area contributed by atoms with E-state index in [4.69, 9.17) is 4.74 Å². The van der Waals surface area contributed by atoms with Gasteiger partial charge < -0.3 is 15.0 Å². The molecule has 0 atom stereocenters. The molecule has 4 rings (SSSR count). The van der Waals surface area contributed by atoms with Gasteiger partial charge in [0.2, 0.25) is 0 Å². The first-order valence-electron chi connectivity index (χ1n) is 9.26. The predicted molar refractivity (Wildman–Crippen MR) is 109 cm³/mol. The van der Waals surface area contributed by atoms with Gasteiger partial charge in [-0.3, -0.25) is 0 Å². The normalized spacial score (nSPS) is 11.3. The summed E-state index contributed by atoms with van der Waals surface area (Å²) in [4.78, 5) is 3.35. The lowest BCUT2D eigenvalue weighted by Gasteiger charge is -2.14. The summed E-state index contributed by atoms with van der Waals surface area (Å²) in [5, 5.41) is 7.43. The van der Waals surface area contributed by atoms with Crippen LogP contribution in [0.3, 0.4) is 0 Å². The van der Waals surface area contributed by atoms with Crippen LogP contribution in [0.2, 0.25) is 0 Å². The van der Waals surface area contributed by atoms with Crippen molar-refractivity contribution in [1.82, 2.24) is 10.3 Å². The molecule has 0 aliphatic heterocycles. The maximum absolute atomic E-state index is 5.86. The molecule has 0 saturated carbocycles. The largest absolute Gasteiger partial charge is 0.494 e. The number of benzene rings is 3. The van der Waals surface area contributed by atoms with Gasteiger partial charge in [0.1, 0.15) is 5.75 Å². The summed E-state index contributed by atoms with van der Waals surface area (Å²) in [5.41, 5.74) is 3.80. The van der Waals surface area contributed by atoms with Crippen molar-refractivity contribution in [3.63, 3.8) is 0 Å². The first kappa shape index (κ1) is 16.7. The number of nitrogens with one attached hydrogen (secondary N) is 2. The van der Waals surface area contributed by atoms with Crippen LogP contribution in [0.5, 0.6) is 5.75 Å². The van der Waals surface area contributed by atoms with E-state index in [1.54, 1.807) is 0 Å². The number of aromatic nitrogens is 1. The maximum atomic E-state index is 5.86. The highest BCUT2D eigenvalue weighted by Gasteiger charge is 2.09. The first-order valence-corrected chi connectivity index (χ1v) is 9.26. The predicted octanol–water partition coefficient (Wildman–Crippen LogP) is 5.05. The Labute approximate surface area is 154 Å². The standard InChI is InChI=1S/C23H24N2O/c1-2-26-23-12-11-17-7-3-4-8-19(17)21(23)16-24-14-13-18-15-25-22-10-6-5-9-20(18)22/h3-12,15,24-25H,2,13-14,16H2,1H3. The molecule has 0 spiro atoms. The lowest BCUT2D eigenvalue weighted by Crippen LogP contribution is -2.17. The van der Waals surface area contributed by atoms with E-state index in [0.717, 1.165) is 25.3 Å². The van der Waals surface area contributed by atoms with Crippen LogP contribution >= 0.6 is 0 Å². The monoisotopic (exact) mass is 344 g/mol. The Morgan fingerprint density at radius 2 is 1.73 bits per heavy atom. The molecule has 0 amide bonds. The molecular weight excluding hydrogens is 320 g/mol. The van der Waals surface area contributed by atoms with Crippen LogP contribution in [0, 0.1) is 0 Å². The Morgan fingerprint density at radius 3 is 2.62 bits per heavy atom. The second-order valence-electron chi connectivity index (χ2n) is 6.48. The molecule has 3 aromatic carbocycles. The third-order valence-electron chi connectivity index (χ3n) is 4.85. The van der Waals surface area contributed by atoms with Crippen molar-refractivity contribution in [1.29, 1.82) is 0 Å². The zero-order chi connectivity index (χ0) is 17.8. The number of para-hydroxylation sites is 1. The molecule has 132 valence electrons. The van der Waals surface area contributed by atoms with Crippen molar-refractivity contribution in [2.45, 2.75) is 19.9 Å². The number of hydrogen-bond donors (Lipinski definition) is 2. The van der Waals surface area contributed by atoms with Gasteiger partial charge in [0, 0.05) is 29.2 Å². The van der Waals surface area contributed by atoms with E-state index < -0.39 is 0 Å². The lowest BCUT2D eigenvalue weighted by atomic mass is 10.0. The van der Waals surface area contributed by atoms with Crippen LogP contribution in [-0.2, 0) is 13.0 Å². The van der Waals surface area contributed by atoms with Gasteiger partial charge >= 0.3 is 0 Å². The quantitative estimate of drug-likeness (QED) is 0.460. The van der Waals surface area contributed by atoms with Crippen LogP contribution in [0.25, 0.3) is 21.7 Å². The molecule has 1 heterocycles. The summed E-state index contributed by atoms with van der Waals surface area (Å²) in [6.45, 7) is 4.44. The second kappa shape index (κ2) is 7.63. The average Bonchev–Trinajstić information content (AvgIpc) is 3.10. The Morgan fingerprint density at radius 1 is 0.923 bits per heavy atom. The summed E-state index contributed by atoms with van der Waals surface area (Å²) < 4.78 is 5.86. The van der Waals surface area contributed by atoms with E-state index in [9.17, 15) is 0 Å². The number of ether oxygens (including phenoxy) is 1. The highest BCUT2D eigenvalue weighted by atomic mass is 16.5. The van der Waals surface area contributed by atoms with Gasteiger partial charge in [0.25, 0.3) is 0 Å². The van der Waals surface area contributed by atoms with Crippen molar-refractivity contribution in [2.75, 3.05) is 13.2 Å². The fraction of sp³-hybridized carbons (Fsp3) is 0.217. The summed E-state index contributed by atoms with van der Waals surface area (Å²) in [6.07, 6.45) is 3.12. The van der Waals surface area contributed by atoms with E-state index in [1.807, 2.05) is 6.92 Å². The summed E-state index contributed by atoms with van der Waals surface area (Å²) >= 11 is 0. The van der Waals surface area contributed by atoms with Crippen molar-refractivity contribution < 1.29 is 4.74 Å². The molecule has 0 radical (unpaired) electrons. The Kier molecular flexibility index (Phi) is 4.89. The third-order valence-corrected chi connectivity index (χ3v) is 4.85. The Hall–Kier alpha value is -2.78. The molecule has 0 fully saturated rings. The molecular formula is C23H24N2O. The minimum atomic E-state index is 0.681. The van der Waals surface area contributed by atoms with Crippen LogP contribution < -0.4 is 10.1 Å². The summed E-state index contributed by atoms with van der Waals surface area (Å²) in [7, 11) is 0. The smallest absolute Gasteiger partial charge is 0.124 e. The third kappa shape index (κ3) is 3.31. The van der Waals surface area contributed by atoms with Crippen LogP contribution in [0.1, 0.15) is 18.1 Å². The fourth-order valence-corrected chi connectivity index (χ4v) is 3.56. The number of rotatable bonds is 7. The molecule has 0 bridgehead atoms. The first-order chi connectivity index (χ1) is 12.9. The van der Waals surface area contributed by atoms with Gasteiger partial charge in [0.15, 0.2) is 0 Å². The Bertz CT molecular complexity index is 1020. The number of fused-ring (bicyclic) bond motifs is 2. The van der Waals surface area contributed by atoms with Gasteiger partial charge in [-0.15, -0.1) is 0 Å². The van der Waals surface area contributed by atoms with Gasteiger partial charge in [-0.2, -0.15) is 0 Å². The van der Waals surface area contributed by atoms with E-state index in [-0.39, 0.29) is 0 Å². The topological polar surface area (TPSA) is 37.0 Å². The Balaban J connectivity index is 1.48. The molecule has 3 heteroatoms. The molecule has 0 aliphatic rings. The number of H-pyrrole nitrogens is 1. The van der Waals surface area contributed by atoms with Crippen LogP contribution in [0.15, 0.2) is 66.9 Å². The lowest BCUT2D eigenvalue weighted by molar-refractivity contribution is 0.336. The zero-order valence-corrected chi connectivity index (χ0v) is 15.1. The molecule has 4 aromatic rings. The number of hydrogen-bond acceptors (Lipinski definition) is 2.